The molecule has 1 N–H and O–H groups in total. The highest BCUT2D eigenvalue weighted by molar-refractivity contribution is 6.31. The van der Waals surface area contributed by atoms with Crippen LogP contribution >= 0.6 is 11.6 Å². The van der Waals surface area contributed by atoms with Crippen molar-refractivity contribution in [1.82, 2.24) is 15.1 Å². The van der Waals surface area contributed by atoms with E-state index in [1.807, 2.05) is 4.90 Å². The maximum Gasteiger partial charge on any atom is 0.255 e. The van der Waals surface area contributed by atoms with Gasteiger partial charge in [-0.15, -0.1) is 0 Å². The monoisotopic (exact) mass is 421 g/mol. The number of nitrogens with one attached hydrogen (secondary N) is 1. The summed E-state index contributed by atoms with van der Waals surface area (Å²) in [6.07, 6.45) is 3.66. The minimum absolute atomic E-state index is 0.0421. The molecule has 0 aliphatic carbocycles. The Balaban J connectivity index is 1.53. The fourth-order valence-electron chi connectivity index (χ4n) is 3.76. The van der Waals surface area contributed by atoms with Gasteiger partial charge in [-0.05, 0) is 31.0 Å². The molecule has 158 valence electrons. The van der Waals surface area contributed by atoms with Gasteiger partial charge in [-0.3, -0.25) is 14.4 Å². The van der Waals surface area contributed by atoms with Crippen LogP contribution in [0.2, 0.25) is 5.02 Å². The van der Waals surface area contributed by atoms with Gasteiger partial charge in [-0.25, -0.2) is 0 Å². The lowest BCUT2D eigenvalue weighted by Crippen LogP contribution is -2.40. The molecule has 2 aliphatic rings. The molecular formula is C21H28ClN3O4. The maximum absolute atomic E-state index is 12.7. The Morgan fingerprint density at radius 2 is 2.00 bits per heavy atom. The molecule has 3 rings (SSSR count). The Bertz CT molecular complexity index is 762. The third kappa shape index (κ3) is 5.85. The van der Waals surface area contributed by atoms with Crippen molar-refractivity contribution in [1.29, 1.82) is 0 Å². The van der Waals surface area contributed by atoms with E-state index in [9.17, 15) is 14.4 Å². The predicted molar refractivity (Wildman–Crippen MR) is 110 cm³/mol. The third-order valence-corrected chi connectivity index (χ3v) is 5.66. The molecular weight excluding hydrogens is 394 g/mol. The van der Waals surface area contributed by atoms with Gasteiger partial charge in [-0.2, -0.15) is 0 Å². The molecule has 2 fully saturated rings. The zero-order chi connectivity index (χ0) is 20.8. The lowest BCUT2D eigenvalue weighted by molar-refractivity contribution is -0.130. The van der Waals surface area contributed by atoms with Gasteiger partial charge in [0.2, 0.25) is 11.8 Å². The summed E-state index contributed by atoms with van der Waals surface area (Å²) < 4.78 is 6.08. The standard InChI is InChI=1S/C21H28ClN3O4/c1-15(26)24-12-7-17(8-13-24)29-19-6-5-16(22)14-18(19)21(28)23-9-3-11-25-10-2-4-20(25)27/h5-6,14,17H,2-4,7-13H2,1H3,(H,23,28). The molecule has 2 aliphatic heterocycles. The number of carbonyl (C=O) groups is 3. The lowest BCUT2D eigenvalue weighted by Gasteiger charge is -2.31. The fourth-order valence-corrected chi connectivity index (χ4v) is 3.93. The van der Waals surface area contributed by atoms with Crippen LogP contribution in [-0.4, -0.2) is 66.3 Å². The highest BCUT2D eigenvalue weighted by Gasteiger charge is 2.24. The predicted octanol–water partition coefficient (Wildman–Crippen LogP) is 2.47. The van der Waals surface area contributed by atoms with Gasteiger partial charge in [0.1, 0.15) is 11.9 Å². The van der Waals surface area contributed by atoms with Crippen LogP contribution in [0, 0.1) is 0 Å². The number of hydrogen-bond acceptors (Lipinski definition) is 4. The largest absolute Gasteiger partial charge is 0.489 e. The van der Waals surface area contributed by atoms with E-state index in [-0.39, 0.29) is 23.8 Å². The molecule has 0 radical (unpaired) electrons. The Morgan fingerprint density at radius 1 is 1.24 bits per heavy atom. The van der Waals surface area contributed by atoms with E-state index in [1.165, 1.54) is 0 Å². The van der Waals surface area contributed by atoms with Crippen molar-refractivity contribution in [2.24, 2.45) is 0 Å². The molecule has 3 amide bonds. The van der Waals surface area contributed by atoms with Crippen LogP contribution in [0.5, 0.6) is 5.75 Å². The van der Waals surface area contributed by atoms with Gasteiger partial charge in [-0.1, -0.05) is 11.6 Å². The fraction of sp³-hybridized carbons (Fsp3) is 0.571. The van der Waals surface area contributed by atoms with Crippen molar-refractivity contribution in [3.05, 3.63) is 28.8 Å². The zero-order valence-electron chi connectivity index (χ0n) is 16.8. The Labute approximate surface area is 176 Å². The third-order valence-electron chi connectivity index (χ3n) is 5.43. The van der Waals surface area contributed by atoms with E-state index < -0.39 is 0 Å². The number of hydrogen-bond donors (Lipinski definition) is 1. The van der Waals surface area contributed by atoms with E-state index in [2.05, 4.69) is 5.32 Å². The lowest BCUT2D eigenvalue weighted by atomic mass is 10.1. The highest BCUT2D eigenvalue weighted by Crippen LogP contribution is 2.26. The van der Waals surface area contributed by atoms with Gasteiger partial charge in [0.25, 0.3) is 5.91 Å². The summed E-state index contributed by atoms with van der Waals surface area (Å²) >= 11 is 6.10. The van der Waals surface area contributed by atoms with Gasteiger partial charge in [0.05, 0.1) is 5.56 Å². The van der Waals surface area contributed by atoms with Crippen molar-refractivity contribution in [2.45, 2.75) is 45.1 Å². The number of piperidine rings is 1. The molecule has 1 aromatic carbocycles. The maximum atomic E-state index is 12.7. The van der Waals surface area contributed by atoms with Crippen LogP contribution in [0.4, 0.5) is 0 Å². The van der Waals surface area contributed by atoms with E-state index in [1.54, 1.807) is 30.0 Å². The molecule has 7 nitrogen and oxygen atoms in total. The van der Waals surface area contributed by atoms with Gasteiger partial charge < -0.3 is 19.9 Å². The molecule has 0 unspecified atom stereocenters. The second-order valence-corrected chi connectivity index (χ2v) is 7.99. The van der Waals surface area contributed by atoms with Crippen LogP contribution in [0.1, 0.15) is 49.4 Å². The minimum atomic E-state index is -0.239. The number of carbonyl (C=O) groups excluding carboxylic acids is 3. The van der Waals surface area contributed by atoms with Crippen molar-refractivity contribution >= 4 is 29.3 Å². The molecule has 1 aromatic rings. The van der Waals surface area contributed by atoms with Crippen molar-refractivity contribution < 1.29 is 19.1 Å². The van der Waals surface area contributed by atoms with Crippen LogP contribution < -0.4 is 10.1 Å². The number of rotatable bonds is 7. The van der Waals surface area contributed by atoms with Crippen molar-refractivity contribution in [3.8, 4) is 5.75 Å². The summed E-state index contributed by atoms with van der Waals surface area (Å²) in [6.45, 7) is 4.83. The second kappa shape index (κ2) is 9.96. The van der Waals surface area contributed by atoms with E-state index in [4.69, 9.17) is 16.3 Å². The molecule has 0 spiro atoms. The van der Waals surface area contributed by atoms with Gasteiger partial charge in [0, 0.05) is 63.9 Å². The Morgan fingerprint density at radius 3 is 2.66 bits per heavy atom. The van der Waals surface area contributed by atoms with Gasteiger partial charge in [0.15, 0.2) is 0 Å². The summed E-state index contributed by atoms with van der Waals surface area (Å²) in [5.41, 5.74) is 0.406. The average molecular weight is 422 g/mol. The molecule has 0 aromatic heterocycles. The van der Waals surface area contributed by atoms with Crippen LogP contribution in [0.25, 0.3) is 0 Å². The first-order valence-corrected chi connectivity index (χ1v) is 10.6. The van der Waals surface area contributed by atoms with E-state index in [0.717, 1.165) is 25.8 Å². The molecule has 0 atom stereocenters. The number of amides is 3. The zero-order valence-corrected chi connectivity index (χ0v) is 17.5. The first-order chi connectivity index (χ1) is 13.9. The van der Waals surface area contributed by atoms with Crippen LogP contribution in [-0.2, 0) is 9.59 Å². The first kappa shape index (κ1) is 21.4. The normalized spacial score (nSPS) is 17.5. The molecule has 0 bridgehead atoms. The molecule has 8 heteroatoms. The number of likely N-dealkylation sites (tertiary alicyclic amines) is 2. The molecule has 0 saturated carbocycles. The number of halogens is 1. The summed E-state index contributed by atoms with van der Waals surface area (Å²) in [5.74, 6) is 0.530. The minimum Gasteiger partial charge on any atom is -0.489 e. The summed E-state index contributed by atoms with van der Waals surface area (Å²) in [5, 5.41) is 3.37. The SMILES string of the molecule is CC(=O)N1CCC(Oc2ccc(Cl)cc2C(=O)NCCCN2CCCC2=O)CC1. The topological polar surface area (TPSA) is 79.0 Å². The number of nitrogens with zero attached hydrogens (tertiary/aromatic N) is 2. The quantitative estimate of drug-likeness (QED) is 0.686. The second-order valence-electron chi connectivity index (χ2n) is 7.56. The Hall–Kier alpha value is -2.28. The van der Waals surface area contributed by atoms with E-state index >= 15 is 0 Å². The molecule has 29 heavy (non-hydrogen) atoms. The van der Waals surface area contributed by atoms with Crippen LogP contribution in [0.15, 0.2) is 18.2 Å². The van der Waals surface area contributed by atoms with Crippen molar-refractivity contribution in [2.75, 3.05) is 32.7 Å². The highest BCUT2D eigenvalue weighted by atomic mass is 35.5. The van der Waals surface area contributed by atoms with E-state index in [0.29, 0.717) is 55.4 Å². The summed E-state index contributed by atoms with van der Waals surface area (Å²) in [4.78, 5) is 39.4. The van der Waals surface area contributed by atoms with Gasteiger partial charge >= 0.3 is 0 Å². The summed E-state index contributed by atoms with van der Waals surface area (Å²) in [7, 11) is 0. The molecule has 2 saturated heterocycles. The van der Waals surface area contributed by atoms with Crippen molar-refractivity contribution in [3.63, 3.8) is 0 Å². The number of ether oxygens (including phenoxy) is 1. The smallest absolute Gasteiger partial charge is 0.255 e. The first-order valence-electron chi connectivity index (χ1n) is 10.2. The molecule has 2 heterocycles. The summed E-state index contributed by atoms with van der Waals surface area (Å²) in [6, 6.07) is 5.04. The number of benzene rings is 1. The van der Waals surface area contributed by atoms with Crippen LogP contribution in [0.3, 0.4) is 0 Å². The Kier molecular flexibility index (Phi) is 7.36. The average Bonchev–Trinajstić information content (AvgIpc) is 3.11.